The molecule has 0 N–H and O–H groups in total. The van der Waals surface area contributed by atoms with Gasteiger partial charge >= 0.3 is 0 Å². The summed E-state index contributed by atoms with van der Waals surface area (Å²) < 4.78 is 10.1. The van der Waals surface area contributed by atoms with Crippen LogP contribution in [0.4, 0.5) is 0 Å². The van der Waals surface area contributed by atoms with E-state index in [0.717, 1.165) is 12.5 Å². The Morgan fingerprint density at radius 2 is 1.53 bits per heavy atom. The maximum atomic E-state index is 5.28. The minimum Gasteiger partial charge on any atom is -0.359 e. The van der Waals surface area contributed by atoms with Crippen LogP contribution in [0.3, 0.4) is 0 Å². The van der Waals surface area contributed by atoms with Crippen LogP contribution in [0.25, 0.3) is 0 Å². The molecule has 104 valence electrons. The van der Waals surface area contributed by atoms with E-state index in [1.54, 1.807) is 7.11 Å². The maximum absolute atomic E-state index is 5.28. The first-order chi connectivity index (χ1) is 8.31. The highest BCUT2D eigenvalue weighted by molar-refractivity contribution is 4.54. The fourth-order valence-corrected chi connectivity index (χ4v) is 2.09. The van der Waals surface area contributed by atoms with Gasteiger partial charge in [-0.1, -0.05) is 58.8 Å². The smallest absolute Gasteiger partial charge is 0.146 e. The lowest BCUT2D eigenvalue weighted by Gasteiger charge is -2.11. The minimum absolute atomic E-state index is 0.436. The summed E-state index contributed by atoms with van der Waals surface area (Å²) in [5, 5.41) is 0. The molecule has 0 unspecified atom stereocenters. The summed E-state index contributed by atoms with van der Waals surface area (Å²) in [6.45, 7) is 5.91. The Kier molecular flexibility index (Phi) is 13.9. The van der Waals surface area contributed by atoms with Crippen LogP contribution in [0.5, 0.6) is 0 Å². The van der Waals surface area contributed by atoms with Gasteiger partial charge in [-0.3, -0.25) is 0 Å². The molecule has 0 rings (SSSR count). The van der Waals surface area contributed by atoms with Crippen molar-refractivity contribution < 1.29 is 9.47 Å². The molecule has 0 aromatic carbocycles. The largest absolute Gasteiger partial charge is 0.359 e. The second-order valence-corrected chi connectivity index (χ2v) is 5.12. The predicted octanol–water partition coefficient (Wildman–Crippen LogP) is 4.77. The number of unbranched alkanes of at least 4 members (excludes halogenated alkanes) is 5. The molecule has 0 aromatic rings. The van der Waals surface area contributed by atoms with E-state index < -0.39 is 0 Å². The highest BCUT2D eigenvalue weighted by Crippen LogP contribution is 2.16. The number of ether oxygens (including phenoxy) is 2. The van der Waals surface area contributed by atoms with Crippen LogP contribution in [0.15, 0.2) is 0 Å². The number of hydrogen-bond donors (Lipinski definition) is 0. The molecule has 0 saturated carbocycles. The van der Waals surface area contributed by atoms with Crippen molar-refractivity contribution in [2.24, 2.45) is 5.92 Å². The summed E-state index contributed by atoms with van der Waals surface area (Å²) in [6.07, 6.45) is 12.3. The minimum atomic E-state index is 0.436. The first-order valence-electron chi connectivity index (χ1n) is 7.38. The average molecular weight is 244 g/mol. The maximum Gasteiger partial charge on any atom is 0.146 e. The molecule has 0 amide bonds. The SMILES string of the molecule is CCCCCCCC[C@H](C)CCCOCOC. The lowest BCUT2D eigenvalue weighted by atomic mass is 9.98. The number of rotatable bonds is 13. The quantitative estimate of drug-likeness (QED) is 0.343. The van der Waals surface area contributed by atoms with Crippen LogP contribution in [0.2, 0.25) is 0 Å². The molecule has 0 aliphatic carbocycles. The van der Waals surface area contributed by atoms with Gasteiger partial charge in [0.05, 0.1) is 0 Å². The lowest BCUT2D eigenvalue weighted by molar-refractivity contribution is -0.0322. The molecular weight excluding hydrogens is 212 g/mol. The summed E-state index contributed by atoms with van der Waals surface area (Å²) in [4.78, 5) is 0. The normalized spacial score (nSPS) is 12.9. The monoisotopic (exact) mass is 244 g/mol. The molecule has 2 heteroatoms. The summed E-state index contributed by atoms with van der Waals surface area (Å²) in [6, 6.07) is 0. The molecule has 0 aliphatic rings. The summed E-state index contributed by atoms with van der Waals surface area (Å²) >= 11 is 0. The highest BCUT2D eigenvalue weighted by atomic mass is 16.7. The van der Waals surface area contributed by atoms with Gasteiger partial charge in [-0.05, 0) is 18.8 Å². The van der Waals surface area contributed by atoms with E-state index in [9.17, 15) is 0 Å². The van der Waals surface area contributed by atoms with Crippen LogP contribution in [-0.2, 0) is 9.47 Å². The Morgan fingerprint density at radius 3 is 2.24 bits per heavy atom. The summed E-state index contributed by atoms with van der Waals surface area (Å²) in [5.41, 5.74) is 0. The third kappa shape index (κ3) is 13.9. The van der Waals surface area contributed by atoms with Gasteiger partial charge in [0.2, 0.25) is 0 Å². The van der Waals surface area contributed by atoms with Crippen molar-refractivity contribution in [1.29, 1.82) is 0 Å². The van der Waals surface area contributed by atoms with Gasteiger partial charge in [0.25, 0.3) is 0 Å². The van der Waals surface area contributed by atoms with Gasteiger partial charge in [0.1, 0.15) is 6.79 Å². The molecule has 0 bridgehead atoms. The second kappa shape index (κ2) is 14.0. The zero-order valence-corrected chi connectivity index (χ0v) is 12.2. The van der Waals surface area contributed by atoms with Crippen LogP contribution < -0.4 is 0 Å². The van der Waals surface area contributed by atoms with Gasteiger partial charge in [0.15, 0.2) is 0 Å². The Bertz CT molecular complexity index is 137. The molecule has 0 radical (unpaired) electrons. The third-order valence-corrected chi connectivity index (χ3v) is 3.24. The molecule has 0 saturated heterocycles. The first kappa shape index (κ1) is 16.9. The molecular formula is C15H32O2. The van der Waals surface area contributed by atoms with Crippen molar-refractivity contribution in [2.45, 2.75) is 71.6 Å². The second-order valence-electron chi connectivity index (χ2n) is 5.12. The predicted molar refractivity (Wildman–Crippen MR) is 74.2 cm³/mol. The van der Waals surface area contributed by atoms with E-state index in [4.69, 9.17) is 9.47 Å². The van der Waals surface area contributed by atoms with E-state index in [1.165, 1.54) is 57.8 Å². The average Bonchev–Trinajstić information content (AvgIpc) is 2.33. The Balaban J connectivity index is 3.09. The van der Waals surface area contributed by atoms with Crippen LogP contribution in [0.1, 0.15) is 71.6 Å². The number of methoxy groups -OCH3 is 1. The van der Waals surface area contributed by atoms with Gasteiger partial charge in [-0.25, -0.2) is 0 Å². The third-order valence-electron chi connectivity index (χ3n) is 3.24. The van der Waals surface area contributed by atoms with Gasteiger partial charge < -0.3 is 9.47 Å². The topological polar surface area (TPSA) is 18.5 Å². The zero-order valence-electron chi connectivity index (χ0n) is 12.2. The molecule has 0 aromatic heterocycles. The molecule has 1 atom stereocenters. The fourth-order valence-electron chi connectivity index (χ4n) is 2.09. The zero-order chi connectivity index (χ0) is 12.8. The standard InChI is InChI=1S/C15H32O2/c1-4-5-6-7-8-9-11-15(2)12-10-13-17-14-16-3/h15H,4-14H2,1-3H3/t15-/m0/s1. The summed E-state index contributed by atoms with van der Waals surface area (Å²) in [7, 11) is 1.67. The van der Waals surface area contributed by atoms with Crippen molar-refractivity contribution in [2.75, 3.05) is 20.5 Å². The van der Waals surface area contributed by atoms with Crippen molar-refractivity contribution in [3.8, 4) is 0 Å². The molecule has 0 aliphatic heterocycles. The lowest BCUT2D eigenvalue weighted by Crippen LogP contribution is -2.01. The Hall–Kier alpha value is -0.0800. The van der Waals surface area contributed by atoms with Gasteiger partial charge in [-0.15, -0.1) is 0 Å². The van der Waals surface area contributed by atoms with Gasteiger partial charge in [0, 0.05) is 13.7 Å². The van der Waals surface area contributed by atoms with Gasteiger partial charge in [-0.2, -0.15) is 0 Å². The van der Waals surface area contributed by atoms with Crippen LogP contribution in [-0.4, -0.2) is 20.5 Å². The fraction of sp³-hybridized carbons (Fsp3) is 1.00. The number of hydrogen-bond acceptors (Lipinski definition) is 2. The van der Waals surface area contributed by atoms with E-state index >= 15 is 0 Å². The molecule has 0 heterocycles. The molecule has 2 nitrogen and oxygen atoms in total. The Labute approximate surface area is 108 Å². The van der Waals surface area contributed by atoms with Crippen molar-refractivity contribution >= 4 is 0 Å². The van der Waals surface area contributed by atoms with Crippen molar-refractivity contribution in [3.05, 3.63) is 0 Å². The van der Waals surface area contributed by atoms with E-state index in [0.29, 0.717) is 6.79 Å². The first-order valence-corrected chi connectivity index (χ1v) is 7.38. The molecule has 17 heavy (non-hydrogen) atoms. The van der Waals surface area contributed by atoms with Crippen molar-refractivity contribution in [1.82, 2.24) is 0 Å². The van der Waals surface area contributed by atoms with Crippen LogP contribution >= 0.6 is 0 Å². The summed E-state index contributed by atoms with van der Waals surface area (Å²) in [5.74, 6) is 0.854. The van der Waals surface area contributed by atoms with Crippen LogP contribution in [0, 0.1) is 5.92 Å². The van der Waals surface area contributed by atoms with Crippen molar-refractivity contribution in [3.63, 3.8) is 0 Å². The highest BCUT2D eigenvalue weighted by Gasteiger charge is 2.01. The van der Waals surface area contributed by atoms with E-state index in [1.807, 2.05) is 0 Å². The molecule has 0 fully saturated rings. The molecule has 0 spiro atoms. The Morgan fingerprint density at radius 1 is 0.882 bits per heavy atom. The van der Waals surface area contributed by atoms with E-state index in [-0.39, 0.29) is 0 Å². The van der Waals surface area contributed by atoms with E-state index in [2.05, 4.69) is 13.8 Å².